The van der Waals surface area contributed by atoms with E-state index in [1.54, 1.807) is 12.1 Å². The third-order valence-electron chi connectivity index (χ3n) is 3.10. The van der Waals surface area contributed by atoms with Gasteiger partial charge in [-0.3, -0.25) is 9.78 Å². The van der Waals surface area contributed by atoms with Gasteiger partial charge in [0, 0.05) is 18.4 Å². The minimum Gasteiger partial charge on any atom is -0.491 e. The number of aliphatic hydroxyl groups is 1. The number of pyridine rings is 1. The van der Waals surface area contributed by atoms with Crippen molar-refractivity contribution in [1.29, 1.82) is 0 Å². The summed E-state index contributed by atoms with van der Waals surface area (Å²) in [5.41, 5.74) is 2.41. The van der Waals surface area contributed by atoms with Crippen molar-refractivity contribution in [3.05, 3.63) is 59.4 Å². The maximum Gasteiger partial charge on any atom is 0.252 e. The highest BCUT2D eigenvalue weighted by Gasteiger charge is 2.10. The van der Waals surface area contributed by atoms with Gasteiger partial charge in [0.25, 0.3) is 5.91 Å². The molecule has 22 heavy (non-hydrogen) atoms. The number of amides is 1. The Morgan fingerprint density at radius 1 is 1.32 bits per heavy atom. The lowest BCUT2D eigenvalue weighted by Gasteiger charge is -2.13. The number of benzene rings is 1. The lowest BCUT2D eigenvalue weighted by molar-refractivity contribution is 0.0843. The molecule has 116 valence electrons. The van der Waals surface area contributed by atoms with Gasteiger partial charge < -0.3 is 15.2 Å². The van der Waals surface area contributed by atoms with Crippen molar-refractivity contribution in [2.24, 2.45) is 0 Å². The highest BCUT2D eigenvalue weighted by atomic mass is 16.5. The average molecular weight is 300 g/mol. The molecule has 2 rings (SSSR count). The summed E-state index contributed by atoms with van der Waals surface area (Å²) in [5, 5.41) is 12.5. The summed E-state index contributed by atoms with van der Waals surface area (Å²) in [6, 6.07) is 11.1. The smallest absolute Gasteiger partial charge is 0.252 e. The van der Waals surface area contributed by atoms with E-state index < -0.39 is 6.10 Å². The van der Waals surface area contributed by atoms with E-state index in [9.17, 15) is 9.90 Å². The molecule has 1 amide bonds. The molecule has 0 unspecified atom stereocenters. The first-order chi connectivity index (χ1) is 10.5. The second-order valence-electron chi connectivity index (χ2n) is 5.18. The largest absolute Gasteiger partial charge is 0.491 e. The van der Waals surface area contributed by atoms with E-state index in [1.165, 1.54) is 6.20 Å². The summed E-state index contributed by atoms with van der Waals surface area (Å²) in [6.07, 6.45) is 0.739. The average Bonchev–Trinajstić information content (AvgIpc) is 2.51. The van der Waals surface area contributed by atoms with Crippen LogP contribution in [0.1, 0.15) is 21.6 Å². The van der Waals surface area contributed by atoms with Crippen molar-refractivity contribution >= 4 is 5.91 Å². The van der Waals surface area contributed by atoms with Gasteiger partial charge in [-0.15, -0.1) is 0 Å². The van der Waals surface area contributed by atoms with Crippen LogP contribution in [0.3, 0.4) is 0 Å². The molecule has 0 aliphatic carbocycles. The Kier molecular flexibility index (Phi) is 5.49. The van der Waals surface area contributed by atoms with Gasteiger partial charge in [-0.1, -0.05) is 12.1 Å². The van der Waals surface area contributed by atoms with E-state index in [-0.39, 0.29) is 19.1 Å². The molecule has 1 aromatic carbocycles. The van der Waals surface area contributed by atoms with E-state index in [4.69, 9.17) is 4.74 Å². The molecule has 0 radical (unpaired) electrons. The fourth-order valence-corrected chi connectivity index (χ4v) is 1.87. The number of aromatic nitrogens is 1. The Labute approximate surface area is 130 Å². The Morgan fingerprint density at radius 2 is 2.14 bits per heavy atom. The SMILES string of the molecule is Cc1cccc(OC[C@H](O)CNC(=O)c2ccc(C)nc2)c1. The molecule has 2 aromatic rings. The van der Waals surface area contributed by atoms with Gasteiger partial charge >= 0.3 is 0 Å². The fraction of sp³-hybridized carbons (Fsp3) is 0.294. The van der Waals surface area contributed by atoms with Crippen LogP contribution < -0.4 is 10.1 Å². The van der Waals surface area contributed by atoms with E-state index in [0.717, 1.165) is 11.3 Å². The predicted octanol–water partition coefficient (Wildman–Crippen LogP) is 1.87. The molecule has 2 N–H and O–H groups in total. The van der Waals surface area contributed by atoms with Crippen LogP contribution in [0.5, 0.6) is 5.75 Å². The second-order valence-corrected chi connectivity index (χ2v) is 5.18. The number of hydrogen-bond donors (Lipinski definition) is 2. The summed E-state index contributed by atoms with van der Waals surface area (Å²) in [7, 11) is 0. The minimum atomic E-state index is -0.775. The van der Waals surface area contributed by atoms with E-state index >= 15 is 0 Å². The van der Waals surface area contributed by atoms with Gasteiger partial charge in [0.05, 0.1) is 5.56 Å². The highest BCUT2D eigenvalue weighted by Crippen LogP contribution is 2.12. The lowest BCUT2D eigenvalue weighted by Crippen LogP contribution is -2.35. The first-order valence-electron chi connectivity index (χ1n) is 7.13. The molecular weight excluding hydrogens is 280 g/mol. The molecule has 1 heterocycles. The number of ether oxygens (including phenoxy) is 1. The van der Waals surface area contributed by atoms with E-state index in [1.807, 2.05) is 38.1 Å². The summed E-state index contributed by atoms with van der Waals surface area (Å²) in [5.74, 6) is 0.440. The first-order valence-corrected chi connectivity index (χ1v) is 7.13. The van der Waals surface area contributed by atoms with E-state index in [0.29, 0.717) is 11.3 Å². The molecule has 1 atom stereocenters. The third kappa shape index (κ3) is 4.86. The Bertz CT molecular complexity index is 626. The molecule has 0 aliphatic rings. The van der Waals surface area contributed by atoms with Crippen molar-refractivity contribution < 1.29 is 14.6 Å². The summed E-state index contributed by atoms with van der Waals surface area (Å²) in [6.45, 7) is 4.07. The summed E-state index contributed by atoms with van der Waals surface area (Å²) in [4.78, 5) is 15.9. The maximum absolute atomic E-state index is 11.9. The monoisotopic (exact) mass is 300 g/mol. The number of nitrogens with zero attached hydrogens (tertiary/aromatic N) is 1. The zero-order valence-electron chi connectivity index (χ0n) is 12.7. The topological polar surface area (TPSA) is 71.5 Å². The van der Waals surface area contributed by atoms with Crippen molar-refractivity contribution in [3.8, 4) is 5.75 Å². The maximum atomic E-state index is 11.9. The Balaban J connectivity index is 1.76. The van der Waals surface area contributed by atoms with Crippen LogP contribution in [0.4, 0.5) is 0 Å². The summed E-state index contributed by atoms with van der Waals surface area (Å²) >= 11 is 0. The molecule has 5 nitrogen and oxygen atoms in total. The number of rotatable bonds is 6. The fourth-order valence-electron chi connectivity index (χ4n) is 1.87. The zero-order valence-corrected chi connectivity index (χ0v) is 12.7. The van der Waals surface area contributed by atoms with Gasteiger partial charge in [0.2, 0.25) is 0 Å². The standard InChI is InChI=1S/C17H20N2O3/c1-12-4-3-5-16(8-12)22-11-15(20)10-19-17(21)14-7-6-13(2)18-9-14/h3-9,15,20H,10-11H2,1-2H3,(H,19,21)/t15-/m1/s1. The molecule has 0 spiro atoms. The van der Waals surface area contributed by atoms with Gasteiger partial charge in [0.1, 0.15) is 18.5 Å². The van der Waals surface area contributed by atoms with Crippen LogP contribution in [0, 0.1) is 13.8 Å². The number of aryl methyl sites for hydroxylation is 2. The van der Waals surface area contributed by atoms with Crippen LogP contribution in [-0.2, 0) is 0 Å². The number of carbonyl (C=O) groups excluding carboxylic acids is 1. The van der Waals surface area contributed by atoms with Gasteiger partial charge in [-0.25, -0.2) is 0 Å². The molecule has 5 heteroatoms. The quantitative estimate of drug-likeness (QED) is 0.854. The molecule has 0 saturated heterocycles. The van der Waals surface area contributed by atoms with Crippen LogP contribution in [-0.4, -0.2) is 35.3 Å². The van der Waals surface area contributed by atoms with Crippen LogP contribution in [0.25, 0.3) is 0 Å². The highest BCUT2D eigenvalue weighted by molar-refractivity contribution is 5.93. The van der Waals surface area contributed by atoms with Crippen molar-refractivity contribution in [3.63, 3.8) is 0 Å². The van der Waals surface area contributed by atoms with E-state index in [2.05, 4.69) is 10.3 Å². The third-order valence-corrected chi connectivity index (χ3v) is 3.10. The van der Waals surface area contributed by atoms with Crippen molar-refractivity contribution in [2.75, 3.05) is 13.2 Å². The number of hydrogen-bond acceptors (Lipinski definition) is 4. The minimum absolute atomic E-state index is 0.121. The lowest BCUT2D eigenvalue weighted by atomic mass is 10.2. The van der Waals surface area contributed by atoms with Gasteiger partial charge in [-0.2, -0.15) is 0 Å². The predicted molar refractivity (Wildman–Crippen MR) is 84.0 cm³/mol. The second kappa shape index (κ2) is 7.56. The van der Waals surface area contributed by atoms with Gasteiger partial charge in [-0.05, 0) is 43.7 Å². The zero-order chi connectivity index (χ0) is 15.9. The van der Waals surface area contributed by atoms with Crippen molar-refractivity contribution in [1.82, 2.24) is 10.3 Å². The molecule has 0 aliphatic heterocycles. The number of carbonyl (C=O) groups is 1. The van der Waals surface area contributed by atoms with Crippen LogP contribution >= 0.6 is 0 Å². The molecule has 0 fully saturated rings. The molecule has 0 bridgehead atoms. The summed E-state index contributed by atoms with van der Waals surface area (Å²) < 4.78 is 5.49. The molecule has 1 aromatic heterocycles. The number of nitrogens with one attached hydrogen (secondary N) is 1. The Morgan fingerprint density at radius 3 is 2.82 bits per heavy atom. The Hall–Kier alpha value is -2.40. The first kappa shape index (κ1) is 16.0. The van der Waals surface area contributed by atoms with Gasteiger partial charge in [0.15, 0.2) is 0 Å². The molecule has 0 saturated carbocycles. The van der Waals surface area contributed by atoms with Crippen molar-refractivity contribution in [2.45, 2.75) is 20.0 Å². The normalized spacial score (nSPS) is 11.8. The number of aliphatic hydroxyl groups excluding tert-OH is 1. The molecular formula is C17H20N2O3. The van der Waals surface area contributed by atoms with Crippen LogP contribution in [0.15, 0.2) is 42.6 Å². The van der Waals surface area contributed by atoms with Crippen LogP contribution in [0.2, 0.25) is 0 Å².